The van der Waals surface area contributed by atoms with Crippen molar-refractivity contribution in [2.45, 2.75) is 13.0 Å². The number of hydrogen-bond donors (Lipinski definition) is 2. The van der Waals surface area contributed by atoms with E-state index in [4.69, 9.17) is 37.8 Å². The van der Waals surface area contributed by atoms with Crippen molar-refractivity contribution in [3.63, 3.8) is 0 Å². The van der Waals surface area contributed by atoms with Gasteiger partial charge in [-0.25, -0.2) is 4.98 Å². The summed E-state index contributed by atoms with van der Waals surface area (Å²) >= 11 is 12.6. The van der Waals surface area contributed by atoms with E-state index in [0.717, 1.165) is 68.0 Å². The van der Waals surface area contributed by atoms with Gasteiger partial charge in [0.25, 0.3) is 12.0 Å². The molecule has 2 aromatic heterocycles. The van der Waals surface area contributed by atoms with Gasteiger partial charge in [0.2, 0.25) is 0 Å². The van der Waals surface area contributed by atoms with Crippen LogP contribution in [-0.4, -0.2) is 70.8 Å². The summed E-state index contributed by atoms with van der Waals surface area (Å²) in [5.41, 5.74) is 2.95. The number of rotatable bonds is 6. The number of ether oxygens (including phenoxy) is 1. The fourth-order valence-electron chi connectivity index (χ4n) is 4.54. The van der Waals surface area contributed by atoms with Gasteiger partial charge >= 0.3 is 0 Å². The number of fused-ring (bicyclic) bond motifs is 3. The number of aromatic nitrogens is 3. The predicted octanol–water partition coefficient (Wildman–Crippen LogP) is 4.11. The van der Waals surface area contributed by atoms with Crippen LogP contribution in [-0.2, 0) is 11.3 Å². The number of nitrogens with zero attached hydrogens (tertiary/aromatic N) is 4. The van der Waals surface area contributed by atoms with Gasteiger partial charge in [0.15, 0.2) is 0 Å². The molecule has 1 saturated heterocycles. The SMILES string of the molecule is COc1ccc2[nH]c(=O)c3c(ncn3CCCN3CCN(c4cccc(Cl)c4Cl)CC3)c2c1.O=CO. The highest BCUT2D eigenvalue weighted by atomic mass is 35.5. The Morgan fingerprint density at radius 3 is 2.61 bits per heavy atom. The predicted molar refractivity (Wildman–Crippen MR) is 143 cm³/mol. The number of aromatic amines is 1. The molecule has 4 aromatic rings. The zero-order valence-electron chi connectivity index (χ0n) is 19.8. The number of hydrogen-bond acceptors (Lipinski definition) is 6. The van der Waals surface area contributed by atoms with E-state index in [9.17, 15) is 4.79 Å². The molecule has 0 unspecified atom stereocenters. The molecule has 0 amide bonds. The van der Waals surface area contributed by atoms with E-state index < -0.39 is 0 Å². The average Bonchev–Trinajstić information content (AvgIpc) is 3.32. The average molecular weight is 532 g/mol. The zero-order chi connectivity index (χ0) is 25.7. The van der Waals surface area contributed by atoms with Gasteiger partial charge in [-0.3, -0.25) is 14.5 Å². The quantitative estimate of drug-likeness (QED) is 0.361. The lowest BCUT2D eigenvalue weighted by Gasteiger charge is -2.36. The van der Waals surface area contributed by atoms with E-state index >= 15 is 0 Å². The van der Waals surface area contributed by atoms with Crippen molar-refractivity contribution >= 4 is 57.3 Å². The number of imidazole rings is 1. The first-order valence-corrected chi connectivity index (χ1v) is 12.3. The van der Waals surface area contributed by atoms with Crippen molar-refractivity contribution in [1.82, 2.24) is 19.4 Å². The van der Waals surface area contributed by atoms with Crippen LogP contribution in [0.2, 0.25) is 10.0 Å². The first-order valence-electron chi connectivity index (χ1n) is 11.5. The fraction of sp³-hybridized carbons (Fsp3) is 0.320. The van der Waals surface area contributed by atoms with Gasteiger partial charge < -0.3 is 24.3 Å². The number of piperazine rings is 1. The lowest BCUT2D eigenvalue weighted by Crippen LogP contribution is -2.46. The van der Waals surface area contributed by atoms with Gasteiger partial charge in [0.1, 0.15) is 16.8 Å². The maximum absolute atomic E-state index is 12.7. The second-order valence-electron chi connectivity index (χ2n) is 8.36. The Bertz CT molecular complexity index is 1410. The molecule has 0 spiro atoms. The molecule has 1 aliphatic rings. The molecule has 9 nitrogen and oxygen atoms in total. The molecule has 190 valence electrons. The normalized spacial score (nSPS) is 14.0. The summed E-state index contributed by atoms with van der Waals surface area (Å²) in [7, 11) is 1.63. The molecule has 2 aromatic carbocycles. The minimum atomic E-state index is -0.250. The third kappa shape index (κ3) is 5.43. The number of methoxy groups -OCH3 is 1. The monoisotopic (exact) mass is 531 g/mol. The molecule has 0 atom stereocenters. The zero-order valence-corrected chi connectivity index (χ0v) is 21.3. The van der Waals surface area contributed by atoms with E-state index in [1.54, 1.807) is 13.4 Å². The van der Waals surface area contributed by atoms with E-state index in [0.29, 0.717) is 21.1 Å². The fourth-order valence-corrected chi connectivity index (χ4v) is 4.95. The maximum Gasteiger partial charge on any atom is 0.290 e. The first-order chi connectivity index (χ1) is 17.5. The highest BCUT2D eigenvalue weighted by Gasteiger charge is 2.20. The summed E-state index contributed by atoms with van der Waals surface area (Å²) in [6, 6.07) is 11.4. The number of carboxylic acid groups (broad SMARTS) is 1. The standard InChI is InChI=1S/C24H25Cl2N5O2.CH2O2/c1-33-16-6-7-19-17(14-16)22-23(24(32)28-19)31(15-27-22)9-3-8-29-10-12-30(13-11-29)20-5-2-4-18(25)21(20)26;2-1-3/h2,4-7,14-15H,3,8-13H2,1H3,(H,28,32);1H,(H,2,3). The highest BCUT2D eigenvalue weighted by molar-refractivity contribution is 6.43. The Morgan fingerprint density at radius 1 is 1.14 bits per heavy atom. The molecule has 2 N–H and O–H groups in total. The molecular formula is C25H27Cl2N5O4. The van der Waals surface area contributed by atoms with Crippen molar-refractivity contribution in [2.75, 3.05) is 44.7 Å². The summed E-state index contributed by atoms with van der Waals surface area (Å²) in [6.45, 7) is 5.16. The number of anilines is 1. The van der Waals surface area contributed by atoms with Crippen LogP contribution >= 0.6 is 23.2 Å². The summed E-state index contributed by atoms with van der Waals surface area (Å²) in [6.07, 6.45) is 2.69. The molecule has 1 aliphatic heterocycles. The van der Waals surface area contributed by atoms with Crippen molar-refractivity contribution in [3.8, 4) is 5.75 Å². The molecule has 36 heavy (non-hydrogen) atoms. The van der Waals surface area contributed by atoms with Gasteiger partial charge in [0, 0.05) is 38.1 Å². The first kappa shape index (κ1) is 25.8. The minimum absolute atomic E-state index is 0.118. The Hall–Kier alpha value is -3.27. The molecule has 0 aliphatic carbocycles. The van der Waals surface area contributed by atoms with E-state index in [1.807, 2.05) is 41.0 Å². The molecule has 3 heterocycles. The number of aryl methyl sites for hydroxylation is 1. The maximum atomic E-state index is 12.7. The van der Waals surface area contributed by atoms with Crippen molar-refractivity contribution in [1.29, 1.82) is 0 Å². The molecule has 5 rings (SSSR count). The minimum Gasteiger partial charge on any atom is -0.497 e. The van der Waals surface area contributed by atoms with Crippen molar-refractivity contribution < 1.29 is 14.6 Å². The molecule has 1 fully saturated rings. The van der Waals surface area contributed by atoms with E-state index in [1.165, 1.54) is 0 Å². The van der Waals surface area contributed by atoms with Crippen molar-refractivity contribution in [2.24, 2.45) is 0 Å². The second kappa shape index (κ2) is 11.6. The van der Waals surface area contributed by atoms with E-state index in [-0.39, 0.29) is 12.0 Å². The Morgan fingerprint density at radius 2 is 1.89 bits per heavy atom. The van der Waals surface area contributed by atoms with Crippen LogP contribution in [0.3, 0.4) is 0 Å². The summed E-state index contributed by atoms with van der Waals surface area (Å²) in [5, 5.41) is 8.99. The van der Waals surface area contributed by atoms with E-state index in [2.05, 4.69) is 19.8 Å². The Balaban J connectivity index is 0.000000967. The number of nitrogens with one attached hydrogen (secondary N) is 1. The number of benzene rings is 2. The van der Waals surface area contributed by atoms with Gasteiger partial charge in [0.05, 0.1) is 34.7 Å². The van der Waals surface area contributed by atoms with Crippen LogP contribution in [0.15, 0.2) is 47.5 Å². The molecular weight excluding hydrogens is 505 g/mol. The second-order valence-corrected chi connectivity index (χ2v) is 9.15. The largest absolute Gasteiger partial charge is 0.497 e. The van der Waals surface area contributed by atoms with Crippen LogP contribution in [0.5, 0.6) is 5.75 Å². The summed E-state index contributed by atoms with van der Waals surface area (Å²) in [4.78, 5) is 33.3. The third-order valence-electron chi connectivity index (χ3n) is 6.30. The summed E-state index contributed by atoms with van der Waals surface area (Å²) < 4.78 is 7.29. The molecule has 0 radical (unpaired) electrons. The van der Waals surface area contributed by atoms with Gasteiger partial charge in [-0.2, -0.15) is 0 Å². The lowest BCUT2D eigenvalue weighted by molar-refractivity contribution is -0.122. The molecule has 0 bridgehead atoms. The van der Waals surface area contributed by atoms with Gasteiger partial charge in [-0.15, -0.1) is 0 Å². The smallest absolute Gasteiger partial charge is 0.290 e. The van der Waals surface area contributed by atoms with Crippen LogP contribution < -0.4 is 15.2 Å². The van der Waals surface area contributed by atoms with Crippen LogP contribution in [0, 0.1) is 0 Å². The van der Waals surface area contributed by atoms with Crippen LogP contribution in [0.4, 0.5) is 5.69 Å². The summed E-state index contributed by atoms with van der Waals surface area (Å²) in [5.74, 6) is 0.739. The topological polar surface area (TPSA) is 104 Å². The van der Waals surface area contributed by atoms with Crippen LogP contribution in [0.25, 0.3) is 21.9 Å². The van der Waals surface area contributed by atoms with Gasteiger partial charge in [-0.1, -0.05) is 29.3 Å². The third-order valence-corrected chi connectivity index (χ3v) is 7.11. The van der Waals surface area contributed by atoms with Gasteiger partial charge in [-0.05, 0) is 43.3 Å². The number of pyridine rings is 1. The number of H-pyrrole nitrogens is 1. The van der Waals surface area contributed by atoms with Crippen molar-refractivity contribution in [3.05, 3.63) is 63.1 Å². The number of carbonyl (C=O) groups is 1. The molecule has 0 saturated carbocycles. The van der Waals surface area contributed by atoms with Crippen LogP contribution in [0.1, 0.15) is 6.42 Å². The number of halogens is 2. The molecule has 11 heteroatoms. The highest BCUT2D eigenvalue weighted by Crippen LogP contribution is 2.33. The Labute approximate surface area is 217 Å². The Kier molecular flexibility index (Phi) is 8.35. The lowest BCUT2D eigenvalue weighted by atomic mass is 10.2.